The normalized spacial score (nSPS) is 15.6. The Bertz CT molecular complexity index is 1440. The molecule has 1 aliphatic rings. The van der Waals surface area contributed by atoms with Crippen LogP contribution < -0.4 is 21.8 Å². The van der Waals surface area contributed by atoms with Crippen LogP contribution in [0.5, 0.6) is 0 Å². The van der Waals surface area contributed by atoms with Crippen molar-refractivity contribution >= 4 is 50.1 Å². The Morgan fingerprint density at radius 2 is 1.97 bits per heavy atom. The van der Waals surface area contributed by atoms with E-state index in [0.29, 0.717) is 19.5 Å². The van der Waals surface area contributed by atoms with Gasteiger partial charge in [0.25, 0.3) is 0 Å². The zero-order chi connectivity index (χ0) is 25.6. The SMILES string of the molecule is CC(=O)OCc1cc(F)c(N)cc1-n1cc(C(=O)O)c(=O)c2cc(F)c(N3CC[C@H](N)C3)c(Br)c21. The number of anilines is 2. The molecule has 0 spiro atoms. The van der Waals surface area contributed by atoms with Gasteiger partial charge in [-0.1, -0.05) is 0 Å². The number of fused-ring (bicyclic) bond motifs is 1. The third-order valence-corrected chi connectivity index (χ3v) is 6.57. The molecule has 0 saturated carbocycles. The number of ether oxygens (including phenoxy) is 1. The van der Waals surface area contributed by atoms with E-state index in [9.17, 15) is 23.9 Å². The van der Waals surface area contributed by atoms with Gasteiger partial charge in [-0.3, -0.25) is 9.59 Å². The molecule has 0 unspecified atom stereocenters. The number of carbonyl (C=O) groups excluding carboxylic acids is 1. The first kappa shape index (κ1) is 24.6. The molecule has 1 saturated heterocycles. The molecule has 35 heavy (non-hydrogen) atoms. The number of aromatic carboxylic acids is 1. The molecular formula is C23H21BrF2N4O5. The summed E-state index contributed by atoms with van der Waals surface area (Å²) in [5.74, 6) is -3.67. The highest BCUT2D eigenvalue weighted by Gasteiger charge is 2.28. The molecule has 1 fully saturated rings. The van der Waals surface area contributed by atoms with E-state index < -0.39 is 34.6 Å². The van der Waals surface area contributed by atoms with Crippen LogP contribution in [0.25, 0.3) is 16.6 Å². The van der Waals surface area contributed by atoms with Gasteiger partial charge in [0.1, 0.15) is 23.8 Å². The molecule has 1 aromatic heterocycles. The number of aromatic nitrogens is 1. The summed E-state index contributed by atoms with van der Waals surface area (Å²) >= 11 is 3.41. The summed E-state index contributed by atoms with van der Waals surface area (Å²) in [6, 6.07) is 3.09. The maximum absolute atomic E-state index is 15.3. The summed E-state index contributed by atoms with van der Waals surface area (Å²) in [7, 11) is 0. The zero-order valence-electron chi connectivity index (χ0n) is 18.5. The van der Waals surface area contributed by atoms with E-state index in [4.69, 9.17) is 16.2 Å². The van der Waals surface area contributed by atoms with Gasteiger partial charge in [0.05, 0.1) is 32.4 Å². The Kier molecular flexibility index (Phi) is 6.52. The first-order valence-corrected chi connectivity index (χ1v) is 11.3. The molecule has 4 rings (SSSR count). The Hall–Kier alpha value is -3.51. The van der Waals surface area contributed by atoms with Crippen LogP contribution in [-0.4, -0.2) is 40.7 Å². The van der Waals surface area contributed by atoms with Gasteiger partial charge < -0.3 is 30.8 Å². The predicted octanol–water partition coefficient (Wildman–Crippen LogP) is 2.91. The van der Waals surface area contributed by atoms with Crippen LogP contribution in [0.15, 0.2) is 33.7 Å². The summed E-state index contributed by atoms with van der Waals surface area (Å²) in [6.45, 7) is 1.67. The lowest BCUT2D eigenvalue weighted by molar-refractivity contribution is -0.142. The topological polar surface area (TPSA) is 141 Å². The van der Waals surface area contributed by atoms with Crippen molar-refractivity contribution in [2.24, 2.45) is 5.73 Å². The quantitative estimate of drug-likeness (QED) is 0.325. The lowest BCUT2D eigenvalue weighted by atomic mass is 10.1. The first-order chi connectivity index (χ1) is 16.5. The van der Waals surface area contributed by atoms with E-state index in [2.05, 4.69) is 15.9 Å². The van der Waals surface area contributed by atoms with Crippen LogP contribution in [0.3, 0.4) is 0 Å². The summed E-state index contributed by atoms with van der Waals surface area (Å²) < 4.78 is 36.1. The lowest BCUT2D eigenvalue weighted by Gasteiger charge is -2.24. The van der Waals surface area contributed by atoms with Crippen molar-refractivity contribution in [3.8, 4) is 5.69 Å². The molecule has 184 valence electrons. The van der Waals surface area contributed by atoms with Crippen molar-refractivity contribution in [2.45, 2.75) is 26.0 Å². The second kappa shape index (κ2) is 9.27. The number of nitrogens with zero attached hydrogens (tertiary/aromatic N) is 2. The molecule has 5 N–H and O–H groups in total. The van der Waals surface area contributed by atoms with Crippen LogP contribution >= 0.6 is 15.9 Å². The van der Waals surface area contributed by atoms with Crippen molar-refractivity contribution in [1.82, 2.24) is 4.57 Å². The van der Waals surface area contributed by atoms with E-state index >= 15 is 4.39 Å². The molecule has 0 amide bonds. The summed E-state index contributed by atoms with van der Waals surface area (Å²) in [6.07, 6.45) is 1.69. The second-order valence-electron chi connectivity index (χ2n) is 8.24. The number of pyridine rings is 1. The summed E-state index contributed by atoms with van der Waals surface area (Å²) in [4.78, 5) is 38.0. The van der Waals surface area contributed by atoms with Crippen molar-refractivity contribution in [3.05, 3.63) is 61.9 Å². The molecule has 12 heteroatoms. The fourth-order valence-corrected chi connectivity index (χ4v) is 5.01. The molecule has 9 nitrogen and oxygen atoms in total. The second-order valence-corrected chi connectivity index (χ2v) is 9.03. The number of hydrogen-bond acceptors (Lipinski definition) is 7. The van der Waals surface area contributed by atoms with E-state index in [0.717, 1.165) is 18.3 Å². The largest absolute Gasteiger partial charge is 0.477 e. The molecule has 0 radical (unpaired) electrons. The average Bonchev–Trinajstić information content (AvgIpc) is 3.20. The number of nitrogen functional groups attached to an aromatic ring is 1. The number of benzene rings is 2. The maximum Gasteiger partial charge on any atom is 0.341 e. The average molecular weight is 551 g/mol. The van der Waals surface area contributed by atoms with Gasteiger partial charge in [-0.15, -0.1) is 0 Å². The minimum absolute atomic E-state index is 0.131. The molecular weight excluding hydrogens is 530 g/mol. The molecule has 2 aromatic carbocycles. The molecule has 0 bridgehead atoms. The Balaban J connectivity index is 2.10. The van der Waals surface area contributed by atoms with E-state index in [1.165, 1.54) is 17.6 Å². The number of halogens is 3. The smallest absolute Gasteiger partial charge is 0.341 e. The van der Waals surface area contributed by atoms with E-state index in [-0.39, 0.29) is 50.6 Å². The molecule has 2 heterocycles. The van der Waals surface area contributed by atoms with Gasteiger partial charge in [-0.2, -0.15) is 0 Å². The standard InChI is InChI=1S/C23H21BrF2N4O5/c1-10(31)35-9-11-4-15(25)17(28)6-18(11)30-8-14(23(33)34)22(32)13-5-16(26)21(19(24)20(13)30)29-3-2-12(27)7-29/h4-6,8,12H,2-3,7,9,27-28H2,1H3,(H,33,34)/t12-/m0/s1. The van der Waals surface area contributed by atoms with Gasteiger partial charge >= 0.3 is 11.9 Å². The highest BCUT2D eigenvalue weighted by Crippen LogP contribution is 2.39. The number of nitrogens with two attached hydrogens (primary N) is 2. The maximum atomic E-state index is 15.3. The molecule has 0 aliphatic carbocycles. The van der Waals surface area contributed by atoms with Crippen LogP contribution in [0.2, 0.25) is 0 Å². The number of rotatable bonds is 5. The van der Waals surface area contributed by atoms with Crippen LogP contribution in [0.4, 0.5) is 20.2 Å². The first-order valence-electron chi connectivity index (χ1n) is 10.5. The van der Waals surface area contributed by atoms with Gasteiger partial charge in [0, 0.05) is 37.8 Å². The zero-order valence-corrected chi connectivity index (χ0v) is 20.1. The van der Waals surface area contributed by atoms with Crippen LogP contribution in [-0.2, 0) is 16.1 Å². The van der Waals surface area contributed by atoms with Crippen molar-refractivity contribution in [2.75, 3.05) is 23.7 Å². The fraction of sp³-hybridized carbons (Fsp3) is 0.261. The lowest BCUT2D eigenvalue weighted by Crippen LogP contribution is -2.27. The number of carbonyl (C=O) groups is 2. The summed E-state index contributed by atoms with van der Waals surface area (Å²) in [5, 5.41) is 9.42. The Morgan fingerprint density at radius 3 is 2.57 bits per heavy atom. The molecule has 1 atom stereocenters. The minimum Gasteiger partial charge on any atom is -0.477 e. The fourth-order valence-electron chi connectivity index (χ4n) is 4.17. The number of carboxylic acid groups (broad SMARTS) is 1. The van der Waals surface area contributed by atoms with Gasteiger partial charge in [0.15, 0.2) is 0 Å². The molecule has 1 aliphatic heterocycles. The highest BCUT2D eigenvalue weighted by molar-refractivity contribution is 9.10. The van der Waals surface area contributed by atoms with Gasteiger partial charge in [-0.05, 0) is 40.5 Å². The Labute approximate surface area is 206 Å². The van der Waals surface area contributed by atoms with E-state index in [1.54, 1.807) is 4.90 Å². The number of hydrogen-bond donors (Lipinski definition) is 3. The van der Waals surface area contributed by atoms with Crippen molar-refractivity contribution < 1.29 is 28.2 Å². The minimum atomic E-state index is -1.53. The predicted molar refractivity (Wildman–Crippen MR) is 129 cm³/mol. The Morgan fingerprint density at radius 1 is 1.26 bits per heavy atom. The third kappa shape index (κ3) is 4.46. The summed E-state index contributed by atoms with van der Waals surface area (Å²) in [5.41, 5.74) is 10.6. The highest BCUT2D eigenvalue weighted by atomic mass is 79.9. The van der Waals surface area contributed by atoms with Crippen LogP contribution in [0.1, 0.15) is 29.3 Å². The van der Waals surface area contributed by atoms with Crippen molar-refractivity contribution in [3.63, 3.8) is 0 Å². The molecule has 3 aromatic rings. The van der Waals surface area contributed by atoms with Gasteiger partial charge in [0.2, 0.25) is 5.43 Å². The third-order valence-electron chi connectivity index (χ3n) is 5.82. The van der Waals surface area contributed by atoms with Crippen molar-refractivity contribution in [1.29, 1.82) is 0 Å². The number of carboxylic acids is 1. The van der Waals surface area contributed by atoms with Crippen LogP contribution in [0, 0.1) is 11.6 Å². The monoisotopic (exact) mass is 550 g/mol. The van der Waals surface area contributed by atoms with E-state index in [1.807, 2.05) is 0 Å². The number of esters is 1. The van der Waals surface area contributed by atoms with Gasteiger partial charge in [-0.25, -0.2) is 13.6 Å².